The summed E-state index contributed by atoms with van der Waals surface area (Å²) in [5, 5.41) is 6.00. The summed E-state index contributed by atoms with van der Waals surface area (Å²) in [4.78, 5) is 11.4. The monoisotopic (exact) mass is 210 g/mol. The molecule has 1 aromatic rings. The Kier molecular flexibility index (Phi) is 3.24. The largest absolute Gasteiger partial charge is 0.300 e. The van der Waals surface area contributed by atoms with Crippen LogP contribution in [0.4, 0.5) is 0 Å². The predicted molar refractivity (Wildman–Crippen MR) is 55.2 cm³/mol. The van der Waals surface area contributed by atoms with Gasteiger partial charge in [-0.25, -0.2) is 0 Å². The average molecular weight is 210 g/mol. The zero-order valence-electron chi connectivity index (χ0n) is 8.11. The second kappa shape index (κ2) is 4.64. The number of Topliss-reactive ketones (excluding diaryl/α,β-unsaturated/α-hetero) is 1. The molecule has 4 heteroatoms. The molecule has 1 aliphatic rings. The van der Waals surface area contributed by atoms with Crippen LogP contribution in [0.1, 0.15) is 37.8 Å². The number of rotatable bonds is 2. The van der Waals surface area contributed by atoms with Gasteiger partial charge in [-0.05, 0) is 36.7 Å². The van der Waals surface area contributed by atoms with Gasteiger partial charge in [0.15, 0.2) is 0 Å². The van der Waals surface area contributed by atoms with E-state index in [1.807, 2.05) is 5.38 Å². The lowest BCUT2D eigenvalue weighted by atomic mass is 9.95. The minimum Gasteiger partial charge on any atom is -0.300 e. The van der Waals surface area contributed by atoms with Crippen LogP contribution in [0.2, 0.25) is 0 Å². The van der Waals surface area contributed by atoms with Crippen LogP contribution in [0.5, 0.6) is 0 Å². The first-order valence-corrected chi connectivity index (χ1v) is 5.96. The molecular formula is C10H14N2OS. The standard InChI is InChI=1S/C10H14N2OS/c13-10-4-2-1-3-8(6-10)5-9-7-14-12-11-9/h7-8H,1-6H2. The van der Waals surface area contributed by atoms with E-state index in [2.05, 4.69) is 9.59 Å². The number of hydrogen-bond acceptors (Lipinski definition) is 4. The smallest absolute Gasteiger partial charge is 0.133 e. The Morgan fingerprint density at radius 2 is 2.43 bits per heavy atom. The van der Waals surface area contributed by atoms with Crippen molar-refractivity contribution in [3.8, 4) is 0 Å². The first-order valence-electron chi connectivity index (χ1n) is 5.12. The van der Waals surface area contributed by atoms with Crippen molar-refractivity contribution in [1.29, 1.82) is 0 Å². The number of ketones is 1. The number of carbonyl (C=O) groups is 1. The van der Waals surface area contributed by atoms with Crippen LogP contribution >= 0.6 is 11.5 Å². The number of hydrogen-bond donors (Lipinski definition) is 0. The quantitative estimate of drug-likeness (QED) is 0.703. The Morgan fingerprint density at radius 1 is 1.50 bits per heavy atom. The van der Waals surface area contributed by atoms with Gasteiger partial charge in [0, 0.05) is 18.2 Å². The predicted octanol–water partition coefficient (Wildman–Crippen LogP) is 2.23. The molecule has 0 amide bonds. The van der Waals surface area contributed by atoms with E-state index in [9.17, 15) is 4.79 Å². The molecule has 1 fully saturated rings. The zero-order valence-corrected chi connectivity index (χ0v) is 8.92. The molecule has 76 valence electrons. The van der Waals surface area contributed by atoms with Crippen LogP contribution in [-0.4, -0.2) is 15.4 Å². The first kappa shape index (κ1) is 9.77. The SMILES string of the molecule is O=C1CCCCC(Cc2csnn2)C1. The first-order chi connectivity index (χ1) is 6.84. The molecule has 0 spiro atoms. The zero-order chi connectivity index (χ0) is 9.80. The maximum Gasteiger partial charge on any atom is 0.133 e. The van der Waals surface area contributed by atoms with Gasteiger partial charge in [0.1, 0.15) is 5.78 Å². The van der Waals surface area contributed by atoms with Crippen molar-refractivity contribution in [2.75, 3.05) is 0 Å². The second-order valence-corrected chi connectivity index (χ2v) is 4.56. The van der Waals surface area contributed by atoms with E-state index in [4.69, 9.17) is 0 Å². The Morgan fingerprint density at radius 3 is 3.21 bits per heavy atom. The van der Waals surface area contributed by atoms with E-state index < -0.39 is 0 Å². The molecule has 1 heterocycles. The molecule has 3 nitrogen and oxygen atoms in total. The van der Waals surface area contributed by atoms with Crippen molar-refractivity contribution >= 4 is 17.3 Å². The average Bonchev–Trinajstić information content (AvgIpc) is 2.56. The molecule has 0 radical (unpaired) electrons. The summed E-state index contributed by atoms with van der Waals surface area (Å²) < 4.78 is 3.84. The Balaban J connectivity index is 1.93. The second-order valence-electron chi connectivity index (χ2n) is 3.95. The van der Waals surface area contributed by atoms with E-state index >= 15 is 0 Å². The summed E-state index contributed by atoms with van der Waals surface area (Å²) in [6.45, 7) is 0. The molecule has 1 aliphatic carbocycles. The lowest BCUT2D eigenvalue weighted by Gasteiger charge is -2.10. The van der Waals surface area contributed by atoms with Gasteiger partial charge < -0.3 is 0 Å². The van der Waals surface area contributed by atoms with Gasteiger partial charge in [-0.15, -0.1) is 5.10 Å². The van der Waals surface area contributed by atoms with Gasteiger partial charge in [0.25, 0.3) is 0 Å². The summed E-state index contributed by atoms with van der Waals surface area (Å²) in [5.41, 5.74) is 1.05. The maximum absolute atomic E-state index is 11.4. The highest BCUT2D eigenvalue weighted by Gasteiger charge is 2.18. The maximum atomic E-state index is 11.4. The van der Waals surface area contributed by atoms with E-state index in [0.717, 1.165) is 31.4 Å². The Labute approximate surface area is 87.7 Å². The van der Waals surface area contributed by atoms with Gasteiger partial charge in [0.2, 0.25) is 0 Å². The van der Waals surface area contributed by atoms with Crippen LogP contribution < -0.4 is 0 Å². The topological polar surface area (TPSA) is 42.9 Å². The van der Waals surface area contributed by atoms with Crippen molar-refractivity contribution in [1.82, 2.24) is 9.59 Å². The fourth-order valence-electron chi connectivity index (χ4n) is 2.02. The van der Waals surface area contributed by atoms with Crippen LogP contribution in [0.25, 0.3) is 0 Å². The third-order valence-electron chi connectivity index (χ3n) is 2.74. The van der Waals surface area contributed by atoms with Crippen molar-refractivity contribution in [3.05, 3.63) is 11.1 Å². The molecular weight excluding hydrogens is 196 g/mol. The van der Waals surface area contributed by atoms with E-state index in [1.165, 1.54) is 24.4 Å². The van der Waals surface area contributed by atoms with Crippen molar-refractivity contribution in [2.45, 2.75) is 38.5 Å². The highest BCUT2D eigenvalue weighted by molar-refractivity contribution is 7.03. The summed E-state index contributed by atoms with van der Waals surface area (Å²) in [7, 11) is 0. The molecule has 1 unspecified atom stereocenters. The molecule has 1 saturated carbocycles. The van der Waals surface area contributed by atoms with E-state index in [1.54, 1.807) is 0 Å². The summed E-state index contributed by atoms with van der Waals surface area (Å²) >= 11 is 1.39. The third-order valence-corrected chi connectivity index (χ3v) is 3.29. The molecule has 0 aromatic carbocycles. The highest BCUT2D eigenvalue weighted by Crippen LogP contribution is 2.23. The van der Waals surface area contributed by atoms with Gasteiger partial charge in [0.05, 0.1) is 5.69 Å². The molecule has 0 aliphatic heterocycles. The van der Waals surface area contributed by atoms with E-state index in [-0.39, 0.29) is 0 Å². The van der Waals surface area contributed by atoms with Crippen LogP contribution in [-0.2, 0) is 11.2 Å². The Hall–Kier alpha value is -0.770. The lowest BCUT2D eigenvalue weighted by Crippen LogP contribution is -2.08. The molecule has 0 saturated heterocycles. The summed E-state index contributed by atoms with van der Waals surface area (Å²) in [6.07, 6.45) is 5.90. The van der Waals surface area contributed by atoms with Crippen molar-refractivity contribution < 1.29 is 4.79 Å². The van der Waals surface area contributed by atoms with Gasteiger partial charge in [-0.2, -0.15) is 0 Å². The number of nitrogens with zero attached hydrogens (tertiary/aromatic N) is 2. The third kappa shape index (κ3) is 2.61. The normalized spacial score (nSPS) is 23.4. The van der Waals surface area contributed by atoms with E-state index in [0.29, 0.717) is 11.7 Å². The lowest BCUT2D eigenvalue weighted by molar-refractivity contribution is -0.119. The fraction of sp³-hybridized carbons (Fsp3) is 0.700. The summed E-state index contributed by atoms with van der Waals surface area (Å²) in [6, 6.07) is 0. The van der Waals surface area contributed by atoms with Crippen molar-refractivity contribution in [3.63, 3.8) is 0 Å². The minimum absolute atomic E-state index is 0.427. The van der Waals surface area contributed by atoms with Crippen LogP contribution in [0, 0.1) is 5.92 Å². The van der Waals surface area contributed by atoms with Gasteiger partial charge in [-0.3, -0.25) is 4.79 Å². The molecule has 2 rings (SSSR count). The summed E-state index contributed by atoms with van der Waals surface area (Å²) in [5.74, 6) is 0.935. The molecule has 1 aromatic heterocycles. The Bertz CT molecular complexity index is 297. The van der Waals surface area contributed by atoms with Gasteiger partial charge in [-0.1, -0.05) is 10.9 Å². The fourth-order valence-corrected chi connectivity index (χ4v) is 2.49. The number of carbonyl (C=O) groups excluding carboxylic acids is 1. The number of aromatic nitrogens is 2. The van der Waals surface area contributed by atoms with Crippen LogP contribution in [0.3, 0.4) is 0 Å². The molecule has 0 bridgehead atoms. The van der Waals surface area contributed by atoms with Crippen molar-refractivity contribution in [2.24, 2.45) is 5.92 Å². The molecule has 14 heavy (non-hydrogen) atoms. The minimum atomic E-state index is 0.427. The highest BCUT2D eigenvalue weighted by atomic mass is 32.1. The van der Waals surface area contributed by atoms with Crippen LogP contribution in [0.15, 0.2) is 5.38 Å². The molecule has 1 atom stereocenters. The molecule has 0 N–H and O–H groups in total. The van der Waals surface area contributed by atoms with Gasteiger partial charge >= 0.3 is 0 Å².